The minimum absolute atomic E-state index is 0.497. The van der Waals surface area contributed by atoms with Gasteiger partial charge in [0.25, 0.3) is 5.79 Å². The fourth-order valence-electron chi connectivity index (χ4n) is 4.01. The average molecular weight is 318 g/mol. The van der Waals surface area contributed by atoms with E-state index in [0.717, 1.165) is 23.3 Å². The van der Waals surface area contributed by atoms with E-state index in [4.69, 9.17) is 14.2 Å². The standard InChI is InChI=1S/C18H22O5/c1-5-18(14-15(19)22-17(2,3)23-16(14)20)10-9-11-12(18)7-6-8-13(11)21-4/h6-8,14H,5,9-10H2,1-4H3/t18-/m1/s1. The lowest BCUT2D eigenvalue weighted by molar-refractivity contribution is -0.243. The van der Waals surface area contributed by atoms with Crippen molar-refractivity contribution in [2.75, 3.05) is 7.11 Å². The molecule has 1 heterocycles. The van der Waals surface area contributed by atoms with Crippen LogP contribution in [0.25, 0.3) is 0 Å². The summed E-state index contributed by atoms with van der Waals surface area (Å²) in [5.41, 5.74) is 1.48. The molecule has 0 radical (unpaired) electrons. The number of hydrogen-bond acceptors (Lipinski definition) is 5. The molecule has 1 fully saturated rings. The quantitative estimate of drug-likeness (QED) is 0.633. The van der Waals surface area contributed by atoms with Gasteiger partial charge in [0.15, 0.2) is 5.92 Å². The van der Waals surface area contributed by atoms with Gasteiger partial charge < -0.3 is 14.2 Å². The van der Waals surface area contributed by atoms with Gasteiger partial charge >= 0.3 is 11.9 Å². The van der Waals surface area contributed by atoms with Crippen molar-refractivity contribution >= 4 is 11.9 Å². The van der Waals surface area contributed by atoms with Crippen LogP contribution in [0.3, 0.4) is 0 Å². The molecule has 0 N–H and O–H groups in total. The normalized spacial score (nSPS) is 26.4. The molecule has 124 valence electrons. The third kappa shape index (κ3) is 2.30. The van der Waals surface area contributed by atoms with Gasteiger partial charge in [-0.3, -0.25) is 9.59 Å². The van der Waals surface area contributed by atoms with Crippen molar-refractivity contribution < 1.29 is 23.8 Å². The van der Waals surface area contributed by atoms with Crippen LogP contribution in [0.15, 0.2) is 18.2 Å². The lowest BCUT2D eigenvalue weighted by Gasteiger charge is -2.41. The molecular weight excluding hydrogens is 296 g/mol. The van der Waals surface area contributed by atoms with Crippen LogP contribution in [0, 0.1) is 5.92 Å². The molecule has 3 rings (SSSR count). The summed E-state index contributed by atoms with van der Waals surface area (Å²) in [6.45, 7) is 5.14. The first kappa shape index (κ1) is 15.8. The van der Waals surface area contributed by atoms with Crippen LogP contribution in [0.2, 0.25) is 0 Å². The van der Waals surface area contributed by atoms with E-state index in [1.807, 2.05) is 25.1 Å². The highest BCUT2D eigenvalue weighted by molar-refractivity contribution is 5.99. The van der Waals surface area contributed by atoms with Gasteiger partial charge in [-0.15, -0.1) is 0 Å². The molecule has 0 spiro atoms. The molecule has 1 atom stereocenters. The number of benzene rings is 1. The Morgan fingerprint density at radius 2 is 1.87 bits per heavy atom. The van der Waals surface area contributed by atoms with E-state index in [0.29, 0.717) is 12.8 Å². The zero-order valence-electron chi connectivity index (χ0n) is 14.0. The maximum atomic E-state index is 12.6. The summed E-state index contributed by atoms with van der Waals surface area (Å²) >= 11 is 0. The fourth-order valence-corrected chi connectivity index (χ4v) is 4.01. The zero-order chi connectivity index (χ0) is 16.8. The van der Waals surface area contributed by atoms with Crippen molar-refractivity contribution in [2.24, 2.45) is 5.92 Å². The topological polar surface area (TPSA) is 61.8 Å². The molecule has 1 aromatic rings. The van der Waals surface area contributed by atoms with Crippen LogP contribution >= 0.6 is 0 Å². The number of rotatable bonds is 3. The first-order valence-electron chi connectivity index (χ1n) is 7.96. The number of carbonyl (C=O) groups is 2. The Kier molecular flexibility index (Phi) is 3.62. The molecule has 0 bridgehead atoms. The van der Waals surface area contributed by atoms with Gasteiger partial charge in [0.05, 0.1) is 7.11 Å². The molecule has 0 amide bonds. The Hall–Kier alpha value is -2.04. The highest BCUT2D eigenvalue weighted by atomic mass is 16.7. The summed E-state index contributed by atoms with van der Waals surface area (Å²) in [5, 5.41) is 0. The predicted octanol–water partition coefficient (Wildman–Crippen LogP) is 2.74. The van der Waals surface area contributed by atoms with E-state index >= 15 is 0 Å². The number of methoxy groups -OCH3 is 1. The SMILES string of the molecule is CC[C@@]1(C2C(=O)OC(C)(C)OC2=O)CCc2c(OC)cccc21. The lowest BCUT2D eigenvalue weighted by atomic mass is 9.68. The van der Waals surface area contributed by atoms with Gasteiger partial charge in [-0.05, 0) is 36.5 Å². The summed E-state index contributed by atoms with van der Waals surface area (Å²) < 4.78 is 16.1. The van der Waals surface area contributed by atoms with Crippen molar-refractivity contribution in [3.63, 3.8) is 0 Å². The molecule has 1 aliphatic carbocycles. The van der Waals surface area contributed by atoms with E-state index in [-0.39, 0.29) is 0 Å². The molecule has 0 saturated carbocycles. The average Bonchev–Trinajstić information content (AvgIpc) is 2.85. The molecule has 1 aromatic carbocycles. The Bertz CT molecular complexity index is 643. The van der Waals surface area contributed by atoms with Crippen LogP contribution in [0.5, 0.6) is 5.75 Å². The number of cyclic esters (lactones) is 2. The van der Waals surface area contributed by atoms with Crippen LogP contribution in [-0.2, 0) is 30.9 Å². The molecule has 5 nitrogen and oxygen atoms in total. The van der Waals surface area contributed by atoms with Crippen molar-refractivity contribution in [1.29, 1.82) is 0 Å². The van der Waals surface area contributed by atoms with Gasteiger partial charge in [0.2, 0.25) is 0 Å². The van der Waals surface area contributed by atoms with Crippen LogP contribution < -0.4 is 4.74 Å². The Morgan fingerprint density at radius 1 is 1.22 bits per heavy atom. The second-order valence-electron chi connectivity index (χ2n) is 6.67. The Morgan fingerprint density at radius 3 is 2.43 bits per heavy atom. The summed E-state index contributed by atoms with van der Waals surface area (Å²) in [6, 6.07) is 5.79. The van der Waals surface area contributed by atoms with Gasteiger partial charge in [-0.2, -0.15) is 0 Å². The third-order valence-electron chi connectivity index (χ3n) is 5.06. The van der Waals surface area contributed by atoms with Crippen molar-refractivity contribution in [3.05, 3.63) is 29.3 Å². The summed E-state index contributed by atoms with van der Waals surface area (Å²) in [7, 11) is 1.63. The Labute approximate surface area is 135 Å². The van der Waals surface area contributed by atoms with Crippen molar-refractivity contribution in [3.8, 4) is 5.75 Å². The third-order valence-corrected chi connectivity index (χ3v) is 5.06. The van der Waals surface area contributed by atoms with E-state index in [2.05, 4.69) is 0 Å². The van der Waals surface area contributed by atoms with Crippen LogP contribution in [-0.4, -0.2) is 24.8 Å². The van der Waals surface area contributed by atoms with Crippen LogP contribution in [0.1, 0.15) is 44.7 Å². The first-order valence-corrected chi connectivity index (χ1v) is 7.96. The van der Waals surface area contributed by atoms with Gasteiger partial charge in [0.1, 0.15) is 5.75 Å². The molecule has 2 aliphatic rings. The maximum absolute atomic E-state index is 12.6. The second-order valence-corrected chi connectivity index (χ2v) is 6.67. The van der Waals surface area contributed by atoms with Gasteiger partial charge in [-0.25, -0.2) is 0 Å². The summed E-state index contributed by atoms with van der Waals surface area (Å²) in [5.74, 6) is -2.31. The largest absolute Gasteiger partial charge is 0.496 e. The van der Waals surface area contributed by atoms with Crippen molar-refractivity contribution in [2.45, 2.75) is 51.2 Å². The number of ether oxygens (including phenoxy) is 3. The minimum atomic E-state index is -1.20. The van der Waals surface area contributed by atoms with Gasteiger partial charge in [-0.1, -0.05) is 19.1 Å². The zero-order valence-corrected chi connectivity index (χ0v) is 14.0. The second kappa shape index (κ2) is 5.25. The highest BCUT2D eigenvalue weighted by Crippen LogP contribution is 2.51. The molecule has 1 aliphatic heterocycles. The van der Waals surface area contributed by atoms with Gasteiger partial charge in [0, 0.05) is 19.3 Å². The molecule has 23 heavy (non-hydrogen) atoms. The molecule has 5 heteroatoms. The summed E-state index contributed by atoms with van der Waals surface area (Å²) in [4.78, 5) is 25.2. The molecular formula is C18H22O5. The molecule has 0 unspecified atom stereocenters. The predicted molar refractivity (Wildman–Crippen MR) is 83.0 cm³/mol. The first-order chi connectivity index (χ1) is 10.8. The monoisotopic (exact) mass is 318 g/mol. The number of esters is 2. The lowest BCUT2D eigenvalue weighted by Crippen LogP contribution is -2.53. The van der Waals surface area contributed by atoms with E-state index in [9.17, 15) is 9.59 Å². The van der Waals surface area contributed by atoms with Crippen molar-refractivity contribution in [1.82, 2.24) is 0 Å². The van der Waals surface area contributed by atoms with E-state index < -0.39 is 29.1 Å². The minimum Gasteiger partial charge on any atom is -0.496 e. The smallest absolute Gasteiger partial charge is 0.324 e. The maximum Gasteiger partial charge on any atom is 0.324 e. The number of carbonyl (C=O) groups excluding carboxylic acids is 2. The molecule has 0 aromatic heterocycles. The number of hydrogen-bond donors (Lipinski definition) is 0. The van der Waals surface area contributed by atoms with Crippen LogP contribution in [0.4, 0.5) is 0 Å². The summed E-state index contributed by atoms with van der Waals surface area (Å²) in [6.07, 6.45) is 2.13. The number of fused-ring (bicyclic) bond motifs is 1. The highest BCUT2D eigenvalue weighted by Gasteiger charge is 2.57. The molecule has 1 saturated heterocycles. The Balaban J connectivity index is 2.09. The van der Waals surface area contributed by atoms with E-state index in [1.165, 1.54) is 0 Å². The van der Waals surface area contributed by atoms with E-state index in [1.54, 1.807) is 21.0 Å². The fraction of sp³-hybridized carbons (Fsp3) is 0.556.